The van der Waals surface area contributed by atoms with Crippen LogP contribution in [0.2, 0.25) is 0 Å². The Balaban J connectivity index is 1.23. The maximum absolute atomic E-state index is 14.9. The molecule has 0 aromatic carbocycles. The van der Waals surface area contributed by atoms with Crippen molar-refractivity contribution in [1.82, 2.24) is 25.8 Å². The standard InChI is InChI=1S/C40H66N6O6/c1-25-21-45(22-26(2)52-25)23-38(15-9-8-10-16-38)44-35(51)43-31(36(3,4)5)34(50)46-24-40(37(6,7)39(40)17-12-18-39)20-29(46)33(49)42-28(30(47)32(41)48)19-27-13-11-14-27/h25-29,31H,8-24H2,1-7H3,(H2,41,48)(H,42,49)(H2,43,44,51)/t25-,26+,28?,29?,31-,40?/m1/s1. The summed E-state index contributed by atoms with van der Waals surface area (Å²) < 4.78 is 5.98. The van der Waals surface area contributed by atoms with E-state index in [4.69, 9.17) is 10.5 Å². The lowest BCUT2D eigenvalue weighted by Gasteiger charge is -2.45. The van der Waals surface area contributed by atoms with Gasteiger partial charge in [0.25, 0.3) is 5.91 Å². The Morgan fingerprint density at radius 1 is 0.865 bits per heavy atom. The molecule has 4 saturated carbocycles. The minimum Gasteiger partial charge on any atom is -0.373 e. The summed E-state index contributed by atoms with van der Waals surface area (Å²) >= 11 is 0. The average molecular weight is 727 g/mol. The van der Waals surface area contributed by atoms with Gasteiger partial charge in [-0.1, -0.05) is 79.6 Å². The number of nitrogens with one attached hydrogen (secondary N) is 3. The molecular formula is C40H66N6O6. The Hall–Kier alpha value is -2.73. The van der Waals surface area contributed by atoms with E-state index in [2.05, 4.69) is 48.5 Å². The Morgan fingerprint density at radius 2 is 1.50 bits per heavy atom. The first-order valence-electron chi connectivity index (χ1n) is 20.2. The van der Waals surface area contributed by atoms with Crippen LogP contribution < -0.4 is 21.7 Å². The second-order valence-electron chi connectivity index (χ2n) is 19.3. The zero-order valence-corrected chi connectivity index (χ0v) is 32.9. The molecule has 4 aliphatic carbocycles. The van der Waals surface area contributed by atoms with Crippen LogP contribution in [0.15, 0.2) is 0 Å². The number of urea groups is 1. The summed E-state index contributed by atoms with van der Waals surface area (Å²) in [5, 5.41) is 9.41. The summed E-state index contributed by atoms with van der Waals surface area (Å²) in [6, 6.07) is -3.12. The number of nitrogens with two attached hydrogens (primary N) is 1. The monoisotopic (exact) mass is 727 g/mol. The van der Waals surface area contributed by atoms with Gasteiger partial charge in [-0.15, -0.1) is 0 Å². The fourth-order valence-corrected chi connectivity index (χ4v) is 11.4. The lowest BCUT2D eigenvalue weighted by molar-refractivity contribution is -0.143. The van der Waals surface area contributed by atoms with Crippen LogP contribution in [0.5, 0.6) is 0 Å². The highest BCUT2D eigenvalue weighted by Crippen LogP contribution is 2.88. The Kier molecular flexibility index (Phi) is 10.6. The number of likely N-dealkylation sites (tertiary alicyclic amines) is 1. The molecule has 52 heavy (non-hydrogen) atoms. The van der Waals surface area contributed by atoms with Crippen molar-refractivity contribution >= 4 is 29.5 Å². The van der Waals surface area contributed by atoms with Crippen LogP contribution in [0.3, 0.4) is 0 Å². The third kappa shape index (κ3) is 7.00. The van der Waals surface area contributed by atoms with Crippen molar-refractivity contribution in [2.75, 3.05) is 26.2 Å². The Bertz CT molecular complexity index is 1400. The molecule has 6 aliphatic rings. The number of nitrogens with zero attached hydrogens (tertiary/aromatic N) is 2. The number of rotatable bonds is 11. The summed E-state index contributed by atoms with van der Waals surface area (Å²) in [5.41, 5.74) is 4.12. The minimum atomic E-state index is -1.06. The zero-order valence-electron chi connectivity index (χ0n) is 32.9. The van der Waals surface area contributed by atoms with Gasteiger partial charge in [0.05, 0.1) is 23.8 Å². The fraction of sp³-hybridized carbons (Fsp3) is 0.875. The predicted molar refractivity (Wildman–Crippen MR) is 198 cm³/mol. The molecule has 2 heterocycles. The third-order valence-corrected chi connectivity index (χ3v) is 14.7. The highest BCUT2D eigenvalue weighted by atomic mass is 16.5. The first-order valence-corrected chi connectivity index (χ1v) is 20.2. The van der Waals surface area contributed by atoms with E-state index < -0.39 is 46.7 Å². The van der Waals surface area contributed by atoms with Gasteiger partial charge in [-0.2, -0.15) is 0 Å². The number of carbonyl (C=O) groups is 5. The summed E-state index contributed by atoms with van der Waals surface area (Å²) in [4.78, 5) is 72.5. The van der Waals surface area contributed by atoms with Crippen LogP contribution in [0.4, 0.5) is 4.79 Å². The molecule has 5 N–H and O–H groups in total. The number of amides is 5. The molecule has 0 bridgehead atoms. The normalized spacial score (nSPS) is 31.9. The summed E-state index contributed by atoms with van der Waals surface area (Å²) in [7, 11) is 0. The molecule has 6 rings (SSSR count). The zero-order chi connectivity index (χ0) is 37.9. The van der Waals surface area contributed by atoms with Crippen molar-refractivity contribution in [3.8, 4) is 0 Å². The van der Waals surface area contributed by atoms with Gasteiger partial charge < -0.3 is 31.3 Å². The molecule has 0 radical (unpaired) electrons. The van der Waals surface area contributed by atoms with Crippen LogP contribution in [-0.2, 0) is 23.9 Å². The van der Waals surface area contributed by atoms with Crippen LogP contribution in [-0.4, -0.2) is 101 Å². The SMILES string of the molecule is C[C@@H]1CN(CC2(NC(=O)N[C@H](C(=O)N3CC4(CC3C(=O)NC(CC3CCC3)C(=O)C(N)=O)C(C)(C)C43CCC3)C(C)(C)C)CCCCC2)C[C@H](C)O1. The molecule has 6 atom stereocenters. The molecule has 292 valence electrons. The Labute approximate surface area is 310 Å². The number of carbonyl (C=O) groups excluding carboxylic acids is 5. The van der Waals surface area contributed by atoms with Crippen LogP contribution >= 0.6 is 0 Å². The second kappa shape index (κ2) is 14.2. The molecule has 3 unspecified atom stereocenters. The number of morpholine rings is 1. The first-order chi connectivity index (χ1) is 24.3. The smallest absolute Gasteiger partial charge is 0.315 e. The summed E-state index contributed by atoms with van der Waals surface area (Å²) in [6.07, 6.45) is 12.2. The number of ketones is 1. The Morgan fingerprint density at radius 3 is 2.00 bits per heavy atom. The van der Waals surface area contributed by atoms with E-state index in [1.807, 2.05) is 20.8 Å². The van der Waals surface area contributed by atoms with Gasteiger partial charge in [0, 0.05) is 31.6 Å². The van der Waals surface area contributed by atoms with Gasteiger partial charge in [-0.3, -0.25) is 24.1 Å². The van der Waals surface area contributed by atoms with Crippen molar-refractivity contribution < 1.29 is 28.7 Å². The lowest BCUT2D eigenvalue weighted by atomic mass is 9.73. The van der Waals surface area contributed by atoms with E-state index in [1.165, 1.54) is 0 Å². The van der Waals surface area contributed by atoms with Crippen molar-refractivity contribution in [1.29, 1.82) is 0 Å². The number of hydrogen-bond acceptors (Lipinski definition) is 7. The van der Waals surface area contributed by atoms with Gasteiger partial charge >= 0.3 is 6.03 Å². The van der Waals surface area contributed by atoms with E-state index in [0.29, 0.717) is 19.4 Å². The van der Waals surface area contributed by atoms with Gasteiger partial charge in [0.15, 0.2) is 0 Å². The van der Waals surface area contributed by atoms with Gasteiger partial charge in [0.1, 0.15) is 12.1 Å². The third-order valence-electron chi connectivity index (χ3n) is 14.7. The predicted octanol–water partition coefficient (Wildman–Crippen LogP) is 4.04. The fourth-order valence-electron chi connectivity index (χ4n) is 11.4. The van der Waals surface area contributed by atoms with E-state index in [0.717, 1.165) is 90.3 Å². The first kappa shape index (κ1) is 39.0. The molecule has 12 heteroatoms. The van der Waals surface area contributed by atoms with Crippen LogP contribution in [0.25, 0.3) is 0 Å². The molecule has 0 aromatic heterocycles. The molecule has 0 aromatic rings. The van der Waals surface area contributed by atoms with Crippen molar-refractivity contribution in [2.24, 2.45) is 33.3 Å². The highest BCUT2D eigenvalue weighted by Gasteiger charge is 2.85. The summed E-state index contributed by atoms with van der Waals surface area (Å²) in [5.74, 6) is -2.32. The van der Waals surface area contributed by atoms with Crippen LogP contribution in [0.1, 0.15) is 132 Å². The van der Waals surface area contributed by atoms with Crippen molar-refractivity contribution in [3.05, 3.63) is 0 Å². The number of ether oxygens (including phenoxy) is 1. The number of hydrogen-bond donors (Lipinski definition) is 4. The molecule has 5 amide bonds. The van der Waals surface area contributed by atoms with Crippen molar-refractivity contribution in [2.45, 2.75) is 168 Å². The topological polar surface area (TPSA) is 163 Å². The van der Waals surface area contributed by atoms with Gasteiger partial charge in [0.2, 0.25) is 17.6 Å². The maximum Gasteiger partial charge on any atom is 0.315 e. The highest BCUT2D eigenvalue weighted by molar-refractivity contribution is 6.37. The van der Waals surface area contributed by atoms with Gasteiger partial charge in [-0.05, 0) is 74.5 Å². The summed E-state index contributed by atoms with van der Waals surface area (Å²) in [6.45, 7) is 17.3. The molecule has 2 saturated heterocycles. The molecular weight excluding hydrogens is 660 g/mol. The quantitative estimate of drug-likeness (QED) is 0.234. The average Bonchev–Trinajstić information content (AvgIpc) is 3.22. The van der Waals surface area contributed by atoms with E-state index in [-0.39, 0.29) is 46.3 Å². The molecule has 2 aliphatic heterocycles. The molecule has 6 fully saturated rings. The lowest BCUT2D eigenvalue weighted by Crippen LogP contribution is -2.64. The van der Waals surface area contributed by atoms with E-state index in [9.17, 15) is 24.0 Å². The second-order valence-corrected chi connectivity index (χ2v) is 19.3. The van der Waals surface area contributed by atoms with Crippen molar-refractivity contribution in [3.63, 3.8) is 0 Å². The number of primary amides is 1. The van der Waals surface area contributed by atoms with E-state index >= 15 is 0 Å². The largest absolute Gasteiger partial charge is 0.373 e. The van der Waals surface area contributed by atoms with E-state index in [1.54, 1.807) is 4.90 Å². The maximum atomic E-state index is 14.9. The number of Topliss-reactive ketones (excluding diaryl/α,β-unsaturated/α-hetero) is 1. The van der Waals surface area contributed by atoms with Gasteiger partial charge in [-0.25, -0.2) is 4.79 Å². The molecule has 12 nitrogen and oxygen atoms in total. The van der Waals surface area contributed by atoms with Crippen LogP contribution in [0, 0.1) is 27.6 Å². The number of fused-ring (bicyclic) bond motifs is 1. The minimum absolute atomic E-state index is 0.0613. The molecule has 2 spiro atoms.